The highest BCUT2D eigenvalue weighted by atomic mass is 16.5. The first kappa shape index (κ1) is 19.2. The number of carbonyl (C=O) groups excluding carboxylic acids is 1. The molecular weight excluding hydrogens is 340 g/mol. The largest absolute Gasteiger partial charge is 0.497 e. The molecule has 1 aliphatic rings. The van der Waals surface area contributed by atoms with Crippen molar-refractivity contribution in [3.63, 3.8) is 0 Å². The quantitative estimate of drug-likeness (QED) is 0.788. The van der Waals surface area contributed by atoms with Gasteiger partial charge in [-0.05, 0) is 61.1 Å². The summed E-state index contributed by atoms with van der Waals surface area (Å²) in [5.41, 5.74) is 3.01. The summed E-state index contributed by atoms with van der Waals surface area (Å²) in [6.45, 7) is 2.63. The number of piperidine rings is 1. The van der Waals surface area contributed by atoms with E-state index in [1.807, 2.05) is 36.4 Å². The van der Waals surface area contributed by atoms with E-state index in [0.29, 0.717) is 18.9 Å². The monoisotopic (exact) mass is 368 g/mol. The molecule has 0 bridgehead atoms. The van der Waals surface area contributed by atoms with Crippen molar-refractivity contribution in [3.05, 3.63) is 59.2 Å². The minimum absolute atomic E-state index is 0.0342. The van der Waals surface area contributed by atoms with E-state index in [2.05, 4.69) is 16.7 Å². The van der Waals surface area contributed by atoms with Gasteiger partial charge in [0.2, 0.25) is 0 Å². The fraction of sp³-hybridized carbons (Fsp3) is 0.409. The van der Waals surface area contributed by atoms with E-state index in [9.17, 15) is 4.79 Å². The highest BCUT2D eigenvalue weighted by Gasteiger charge is 2.16. The van der Waals surface area contributed by atoms with Crippen molar-refractivity contribution in [2.45, 2.75) is 25.2 Å². The lowest BCUT2D eigenvalue weighted by Crippen LogP contribution is -2.29. The van der Waals surface area contributed by atoms with Crippen LogP contribution in [0, 0.1) is 0 Å². The van der Waals surface area contributed by atoms with Gasteiger partial charge in [0.15, 0.2) is 0 Å². The zero-order valence-electron chi connectivity index (χ0n) is 16.1. The number of rotatable bonds is 7. The second-order valence-corrected chi connectivity index (χ2v) is 6.85. The molecule has 5 heteroatoms. The maximum absolute atomic E-state index is 12.5. The van der Waals surface area contributed by atoms with Crippen LogP contribution in [0.4, 0.5) is 0 Å². The maximum Gasteiger partial charge on any atom is 0.251 e. The zero-order chi connectivity index (χ0) is 19.1. The Balaban J connectivity index is 1.58. The van der Waals surface area contributed by atoms with Gasteiger partial charge in [0.05, 0.1) is 14.2 Å². The summed E-state index contributed by atoms with van der Waals surface area (Å²) in [6.07, 6.45) is 3.06. The van der Waals surface area contributed by atoms with Crippen LogP contribution in [0.1, 0.15) is 40.2 Å². The van der Waals surface area contributed by atoms with Crippen molar-refractivity contribution in [3.8, 4) is 11.5 Å². The van der Waals surface area contributed by atoms with Gasteiger partial charge in [0, 0.05) is 24.7 Å². The molecule has 3 rings (SSSR count). The van der Waals surface area contributed by atoms with Gasteiger partial charge in [-0.3, -0.25) is 4.79 Å². The first-order chi connectivity index (χ1) is 13.2. The van der Waals surface area contributed by atoms with Crippen molar-refractivity contribution in [1.29, 1.82) is 0 Å². The van der Waals surface area contributed by atoms with Gasteiger partial charge in [0.1, 0.15) is 11.5 Å². The molecule has 0 radical (unpaired) electrons. The summed E-state index contributed by atoms with van der Waals surface area (Å²) in [5.74, 6) is 1.99. The van der Waals surface area contributed by atoms with Crippen molar-refractivity contribution in [2.24, 2.45) is 0 Å². The van der Waals surface area contributed by atoms with Crippen molar-refractivity contribution in [2.75, 3.05) is 33.9 Å². The molecule has 1 saturated heterocycles. The van der Waals surface area contributed by atoms with Gasteiger partial charge in [0.25, 0.3) is 5.91 Å². The van der Waals surface area contributed by atoms with Crippen LogP contribution in [-0.4, -0.2) is 39.8 Å². The Morgan fingerprint density at radius 2 is 2.07 bits per heavy atom. The lowest BCUT2D eigenvalue weighted by molar-refractivity contribution is 0.0954. The van der Waals surface area contributed by atoms with Crippen LogP contribution in [0.15, 0.2) is 42.5 Å². The third-order valence-corrected chi connectivity index (χ3v) is 5.09. The third-order valence-electron chi connectivity index (χ3n) is 5.09. The van der Waals surface area contributed by atoms with E-state index in [0.717, 1.165) is 35.7 Å². The van der Waals surface area contributed by atoms with Crippen molar-refractivity contribution >= 4 is 5.91 Å². The Labute approximate surface area is 161 Å². The summed E-state index contributed by atoms with van der Waals surface area (Å²) in [7, 11) is 3.27. The van der Waals surface area contributed by atoms with Crippen LogP contribution < -0.4 is 20.1 Å². The summed E-state index contributed by atoms with van der Waals surface area (Å²) < 4.78 is 10.6. The zero-order valence-corrected chi connectivity index (χ0v) is 16.1. The predicted molar refractivity (Wildman–Crippen MR) is 107 cm³/mol. The maximum atomic E-state index is 12.5. The minimum atomic E-state index is -0.0342. The molecule has 2 aromatic rings. The van der Waals surface area contributed by atoms with Gasteiger partial charge < -0.3 is 20.1 Å². The molecule has 27 heavy (non-hydrogen) atoms. The molecule has 0 spiro atoms. The number of nitrogens with one attached hydrogen (secondary N) is 2. The molecule has 0 aliphatic carbocycles. The highest BCUT2D eigenvalue weighted by molar-refractivity contribution is 5.94. The molecule has 2 N–H and O–H groups in total. The van der Waals surface area contributed by atoms with Crippen LogP contribution in [-0.2, 0) is 6.42 Å². The molecule has 5 nitrogen and oxygen atoms in total. The fourth-order valence-corrected chi connectivity index (χ4v) is 3.54. The van der Waals surface area contributed by atoms with E-state index >= 15 is 0 Å². The second kappa shape index (κ2) is 9.42. The Kier molecular flexibility index (Phi) is 6.71. The van der Waals surface area contributed by atoms with E-state index < -0.39 is 0 Å². The number of carbonyl (C=O) groups is 1. The smallest absolute Gasteiger partial charge is 0.251 e. The van der Waals surface area contributed by atoms with Crippen LogP contribution in [0.2, 0.25) is 0 Å². The first-order valence-corrected chi connectivity index (χ1v) is 9.51. The lowest BCUT2D eigenvalue weighted by Gasteiger charge is -2.23. The Morgan fingerprint density at radius 3 is 2.81 bits per heavy atom. The molecule has 2 aromatic carbocycles. The molecule has 1 atom stereocenters. The molecule has 0 aromatic heterocycles. The SMILES string of the molecule is COc1ccc(CCNC(=O)c2cccc([C@@H]3CCCNC3)c2)c(OC)c1. The van der Waals surface area contributed by atoms with Crippen molar-refractivity contribution < 1.29 is 14.3 Å². The van der Waals surface area contributed by atoms with Gasteiger partial charge >= 0.3 is 0 Å². The summed E-state index contributed by atoms with van der Waals surface area (Å²) in [4.78, 5) is 12.5. The average Bonchev–Trinajstić information content (AvgIpc) is 2.74. The van der Waals surface area contributed by atoms with Gasteiger partial charge in [-0.2, -0.15) is 0 Å². The van der Waals surface area contributed by atoms with Crippen LogP contribution in [0.25, 0.3) is 0 Å². The number of amides is 1. The topological polar surface area (TPSA) is 59.6 Å². The minimum Gasteiger partial charge on any atom is -0.497 e. The van der Waals surface area contributed by atoms with E-state index in [1.54, 1.807) is 14.2 Å². The van der Waals surface area contributed by atoms with Gasteiger partial charge in [-0.15, -0.1) is 0 Å². The van der Waals surface area contributed by atoms with E-state index in [1.165, 1.54) is 18.4 Å². The van der Waals surface area contributed by atoms with Crippen LogP contribution in [0.5, 0.6) is 11.5 Å². The number of methoxy groups -OCH3 is 2. The summed E-state index contributed by atoms with van der Waals surface area (Å²) >= 11 is 0. The Bertz CT molecular complexity index is 770. The van der Waals surface area contributed by atoms with E-state index in [-0.39, 0.29) is 5.91 Å². The summed E-state index contributed by atoms with van der Waals surface area (Å²) in [6, 6.07) is 13.7. The third kappa shape index (κ3) is 5.01. The average molecular weight is 368 g/mol. The first-order valence-electron chi connectivity index (χ1n) is 9.51. The second-order valence-electron chi connectivity index (χ2n) is 6.85. The number of ether oxygens (including phenoxy) is 2. The van der Waals surface area contributed by atoms with Gasteiger partial charge in [-0.1, -0.05) is 18.2 Å². The van der Waals surface area contributed by atoms with Crippen LogP contribution in [0.3, 0.4) is 0 Å². The van der Waals surface area contributed by atoms with Crippen molar-refractivity contribution in [1.82, 2.24) is 10.6 Å². The molecular formula is C22H28N2O3. The summed E-state index contributed by atoms with van der Waals surface area (Å²) in [5, 5.41) is 6.45. The predicted octanol–water partition coefficient (Wildman–Crippen LogP) is 3.14. The highest BCUT2D eigenvalue weighted by Crippen LogP contribution is 2.25. The Hall–Kier alpha value is -2.53. The molecule has 1 fully saturated rings. The molecule has 0 unspecified atom stereocenters. The fourth-order valence-electron chi connectivity index (χ4n) is 3.54. The molecule has 0 saturated carbocycles. The number of hydrogen-bond donors (Lipinski definition) is 2. The molecule has 1 aliphatic heterocycles. The Morgan fingerprint density at radius 1 is 1.19 bits per heavy atom. The standard InChI is InChI=1S/C22H28N2O3/c1-26-20-9-8-16(21(14-20)27-2)10-12-24-22(25)18-6-3-5-17(13-18)19-7-4-11-23-15-19/h3,5-6,8-9,13-14,19,23H,4,7,10-12,15H2,1-2H3,(H,24,25)/t19-/m1/s1. The molecule has 144 valence electrons. The lowest BCUT2D eigenvalue weighted by atomic mass is 9.90. The van der Waals surface area contributed by atoms with Gasteiger partial charge in [-0.25, -0.2) is 0 Å². The molecule has 1 amide bonds. The normalized spacial score (nSPS) is 16.6. The molecule has 1 heterocycles. The van der Waals surface area contributed by atoms with E-state index in [4.69, 9.17) is 9.47 Å². The number of hydrogen-bond acceptors (Lipinski definition) is 4. The number of benzene rings is 2. The van der Waals surface area contributed by atoms with Crippen LogP contribution >= 0.6 is 0 Å².